The fourth-order valence-corrected chi connectivity index (χ4v) is 2.77. The van der Waals surface area contributed by atoms with Crippen LogP contribution in [0.5, 0.6) is 0 Å². The second kappa shape index (κ2) is 13.9. The van der Waals surface area contributed by atoms with Crippen molar-refractivity contribution in [3.63, 3.8) is 0 Å². The Morgan fingerprint density at radius 2 is 1.77 bits per heavy atom. The average Bonchev–Trinajstić information content (AvgIpc) is 2.72. The van der Waals surface area contributed by atoms with Gasteiger partial charge in [0.05, 0.1) is 6.54 Å². The van der Waals surface area contributed by atoms with E-state index in [1.165, 1.54) is 29.8 Å². The predicted molar refractivity (Wildman–Crippen MR) is 132 cm³/mol. The number of amides is 1. The van der Waals surface area contributed by atoms with Crippen molar-refractivity contribution >= 4 is 41.5 Å². The smallest absolute Gasteiger partial charge is 0.243 e. The fourth-order valence-electron chi connectivity index (χ4n) is 2.77. The van der Waals surface area contributed by atoms with E-state index in [1.807, 2.05) is 6.07 Å². The molecule has 1 atom stereocenters. The Kier molecular flexibility index (Phi) is 12.0. The lowest BCUT2D eigenvalue weighted by Crippen LogP contribution is -2.43. The molecule has 0 radical (unpaired) electrons. The number of guanidine groups is 1. The molecular weight excluding hydrogens is 496 g/mol. The number of aliphatic imine (C=N–C) groups is 1. The van der Waals surface area contributed by atoms with Crippen LogP contribution in [-0.4, -0.2) is 50.0 Å². The molecule has 2 rings (SSSR count). The average molecular weight is 527 g/mol. The number of hydrogen-bond donors (Lipinski definition) is 3. The molecule has 164 valence electrons. The van der Waals surface area contributed by atoms with Crippen LogP contribution in [0.2, 0.25) is 0 Å². The number of nitrogens with zero attached hydrogens (tertiary/aromatic N) is 2. The van der Waals surface area contributed by atoms with Crippen LogP contribution < -0.4 is 16.0 Å². The van der Waals surface area contributed by atoms with Crippen molar-refractivity contribution in [3.8, 4) is 0 Å². The maximum absolute atomic E-state index is 12.9. The number of benzene rings is 2. The zero-order valence-electron chi connectivity index (χ0n) is 17.7. The minimum absolute atomic E-state index is 0. The fraction of sp³-hybridized carbons (Fsp3) is 0.364. The number of halogens is 2. The van der Waals surface area contributed by atoms with Gasteiger partial charge < -0.3 is 16.0 Å². The van der Waals surface area contributed by atoms with Gasteiger partial charge in [-0.05, 0) is 50.2 Å². The Balaban J connectivity index is 0.00000450. The van der Waals surface area contributed by atoms with Crippen LogP contribution in [0, 0.1) is 5.82 Å². The molecule has 0 saturated heterocycles. The van der Waals surface area contributed by atoms with Gasteiger partial charge in [0.2, 0.25) is 5.91 Å². The molecule has 0 aliphatic rings. The van der Waals surface area contributed by atoms with Gasteiger partial charge >= 0.3 is 0 Å². The third kappa shape index (κ3) is 9.53. The van der Waals surface area contributed by atoms with E-state index in [-0.39, 0.29) is 42.2 Å². The van der Waals surface area contributed by atoms with Crippen LogP contribution in [0.15, 0.2) is 59.6 Å². The molecule has 0 aliphatic carbocycles. The Morgan fingerprint density at radius 1 is 1.10 bits per heavy atom. The van der Waals surface area contributed by atoms with Crippen LogP contribution >= 0.6 is 24.0 Å². The van der Waals surface area contributed by atoms with Crippen molar-refractivity contribution in [2.24, 2.45) is 4.99 Å². The van der Waals surface area contributed by atoms with Crippen molar-refractivity contribution in [2.45, 2.75) is 25.9 Å². The molecule has 6 nitrogen and oxygen atoms in total. The highest BCUT2D eigenvalue weighted by Crippen LogP contribution is 2.08. The normalized spacial score (nSPS) is 12.1. The summed E-state index contributed by atoms with van der Waals surface area (Å²) in [6.07, 6.45) is 0.936. The Labute approximate surface area is 195 Å². The van der Waals surface area contributed by atoms with Crippen LogP contribution in [-0.2, 0) is 11.3 Å². The summed E-state index contributed by atoms with van der Waals surface area (Å²) < 4.78 is 12.9. The monoisotopic (exact) mass is 527 g/mol. The van der Waals surface area contributed by atoms with Crippen molar-refractivity contribution in [2.75, 3.05) is 32.5 Å². The Bertz CT molecular complexity index is 786. The molecule has 2 aromatic carbocycles. The first-order chi connectivity index (χ1) is 14.0. The number of nitrogens with one attached hydrogen (secondary N) is 3. The summed E-state index contributed by atoms with van der Waals surface area (Å²) >= 11 is 0. The highest BCUT2D eigenvalue weighted by molar-refractivity contribution is 14.0. The summed E-state index contributed by atoms with van der Waals surface area (Å²) in [5.74, 6) is 0.00191. The first-order valence-electron chi connectivity index (χ1n) is 9.72. The van der Waals surface area contributed by atoms with Gasteiger partial charge in [-0.15, -0.1) is 24.0 Å². The lowest BCUT2D eigenvalue weighted by atomic mass is 10.1. The lowest BCUT2D eigenvalue weighted by Gasteiger charge is -2.25. The van der Waals surface area contributed by atoms with E-state index >= 15 is 0 Å². The SMILES string of the molecule is CN=C(NCCC(C)N(C)Cc1ccccc1)NCC(=O)Nc1ccc(F)cc1.I. The first-order valence-corrected chi connectivity index (χ1v) is 9.72. The second-order valence-electron chi connectivity index (χ2n) is 6.95. The van der Waals surface area contributed by atoms with E-state index < -0.39 is 0 Å². The minimum atomic E-state index is -0.339. The molecule has 30 heavy (non-hydrogen) atoms. The summed E-state index contributed by atoms with van der Waals surface area (Å²) in [6.45, 7) is 3.90. The zero-order valence-corrected chi connectivity index (χ0v) is 20.0. The highest BCUT2D eigenvalue weighted by Gasteiger charge is 2.10. The molecule has 1 unspecified atom stereocenters. The van der Waals surface area contributed by atoms with Crippen molar-refractivity contribution in [1.82, 2.24) is 15.5 Å². The van der Waals surface area contributed by atoms with Crippen LogP contribution in [0.3, 0.4) is 0 Å². The highest BCUT2D eigenvalue weighted by atomic mass is 127. The summed E-state index contributed by atoms with van der Waals surface area (Å²) in [5.41, 5.74) is 1.84. The predicted octanol–water partition coefficient (Wildman–Crippen LogP) is 3.46. The zero-order chi connectivity index (χ0) is 21.1. The molecule has 0 spiro atoms. The lowest BCUT2D eigenvalue weighted by molar-refractivity contribution is -0.115. The molecule has 3 N–H and O–H groups in total. The van der Waals surface area contributed by atoms with E-state index in [9.17, 15) is 9.18 Å². The second-order valence-corrected chi connectivity index (χ2v) is 6.95. The Hall–Kier alpha value is -2.20. The van der Waals surface area contributed by atoms with Gasteiger partial charge in [-0.3, -0.25) is 14.7 Å². The minimum Gasteiger partial charge on any atom is -0.356 e. The number of carbonyl (C=O) groups excluding carboxylic acids is 1. The quantitative estimate of drug-likeness (QED) is 0.266. The van der Waals surface area contributed by atoms with E-state index in [0.29, 0.717) is 17.7 Å². The molecule has 0 fully saturated rings. The molecule has 0 aliphatic heterocycles. The standard InChI is InChI=1S/C22H30FN5O.HI/c1-17(28(3)16-18-7-5-4-6-8-18)13-14-25-22(24-2)26-15-21(29)27-20-11-9-19(23)10-12-20;/h4-12,17H,13-16H2,1-3H3,(H,27,29)(H2,24,25,26);1H. The molecule has 0 saturated carbocycles. The van der Waals surface area contributed by atoms with E-state index in [4.69, 9.17) is 0 Å². The summed E-state index contributed by atoms with van der Waals surface area (Å²) in [4.78, 5) is 18.5. The van der Waals surface area contributed by atoms with Crippen LogP contribution in [0.25, 0.3) is 0 Å². The number of rotatable bonds is 9. The first kappa shape index (κ1) is 25.8. The van der Waals surface area contributed by atoms with Crippen molar-refractivity contribution in [3.05, 3.63) is 66.0 Å². The van der Waals surface area contributed by atoms with Gasteiger partial charge in [-0.1, -0.05) is 30.3 Å². The maximum atomic E-state index is 12.9. The topological polar surface area (TPSA) is 68.8 Å². The third-order valence-corrected chi connectivity index (χ3v) is 4.65. The number of carbonyl (C=O) groups is 1. The molecule has 0 heterocycles. The van der Waals surface area contributed by atoms with Crippen LogP contribution in [0.1, 0.15) is 18.9 Å². The van der Waals surface area contributed by atoms with Crippen molar-refractivity contribution < 1.29 is 9.18 Å². The molecular formula is C22H31FIN5O. The third-order valence-electron chi connectivity index (χ3n) is 4.65. The molecule has 0 aromatic heterocycles. The summed E-state index contributed by atoms with van der Waals surface area (Å²) in [7, 11) is 3.78. The maximum Gasteiger partial charge on any atom is 0.243 e. The van der Waals surface area contributed by atoms with E-state index in [0.717, 1.165) is 19.5 Å². The van der Waals surface area contributed by atoms with Gasteiger partial charge in [-0.25, -0.2) is 4.39 Å². The molecule has 0 bridgehead atoms. The van der Waals surface area contributed by atoms with Gasteiger partial charge in [0.15, 0.2) is 5.96 Å². The van der Waals surface area contributed by atoms with Crippen molar-refractivity contribution in [1.29, 1.82) is 0 Å². The van der Waals surface area contributed by atoms with E-state index in [1.54, 1.807) is 7.05 Å². The molecule has 8 heteroatoms. The van der Waals surface area contributed by atoms with Crippen LogP contribution in [0.4, 0.5) is 10.1 Å². The summed E-state index contributed by atoms with van der Waals surface area (Å²) in [6, 6.07) is 16.4. The van der Waals surface area contributed by atoms with Gasteiger partial charge in [0.1, 0.15) is 5.82 Å². The largest absolute Gasteiger partial charge is 0.356 e. The Morgan fingerprint density at radius 3 is 2.40 bits per heavy atom. The molecule has 2 aromatic rings. The number of hydrogen-bond acceptors (Lipinski definition) is 3. The van der Waals surface area contributed by atoms with E-state index in [2.05, 4.69) is 64.1 Å². The molecule has 1 amide bonds. The van der Waals surface area contributed by atoms with Gasteiger partial charge in [0.25, 0.3) is 0 Å². The van der Waals surface area contributed by atoms with Gasteiger partial charge in [0, 0.05) is 31.9 Å². The van der Waals surface area contributed by atoms with Gasteiger partial charge in [-0.2, -0.15) is 0 Å². The number of anilines is 1. The summed E-state index contributed by atoms with van der Waals surface area (Å²) in [5, 5.41) is 8.91.